The summed E-state index contributed by atoms with van der Waals surface area (Å²) in [6, 6.07) is 17.0. The lowest BCUT2D eigenvalue weighted by Gasteiger charge is -2.06. The van der Waals surface area contributed by atoms with E-state index in [9.17, 15) is 10.1 Å². The number of nitrogens with one attached hydrogen (secondary N) is 1. The van der Waals surface area contributed by atoms with Crippen molar-refractivity contribution in [3.63, 3.8) is 0 Å². The quantitative estimate of drug-likeness (QED) is 0.601. The molecular weight excluding hydrogens is 352 g/mol. The Hall–Kier alpha value is -2.38. The molecule has 1 N–H and O–H groups in total. The highest BCUT2D eigenvalue weighted by Gasteiger charge is 2.09. The number of hydrogen-bond donors (Lipinski definition) is 1. The number of halogens is 1. The molecule has 1 amide bonds. The molecule has 0 fully saturated rings. The van der Waals surface area contributed by atoms with Gasteiger partial charge in [-0.05, 0) is 47.4 Å². The van der Waals surface area contributed by atoms with Crippen molar-refractivity contribution in [3.8, 4) is 6.07 Å². The van der Waals surface area contributed by atoms with Gasteiger partial charge in [0.15, 0.2) is 0 Å². The molecule has 0 unspecified atom stereocenters. The van der Waals surface area contributed by atoms with Crippen LogP contribution in [0, 0.1) is 11.3 Å². The van der Waals surface area contributed by atoms with Gasteiger partial charge < -0.3 is 5.32 Å². The molecule has 2 aromatic rings. The number of hydrogen-bond acceptors (Lipinski definition) is 2. The molecule has 4 heteroatoms. The van der Waals surface area contributed by atoms with Gasteiger partial charge in [0, 0.05) is 10.2 Å². The summed E-state index contributed by atoms with van der Waals surface area (Å²) >= 11 is 3.34. The van der Waals surface area contributed by atoms with E-state index in [-0.39, 0.29) is 5.57 Å². The van der Waals surface area contributed by atoms with Crippen LogP contribution in [0.25, 0.3) is 6.08 Å². The molecule has 0 atom stereocenters. The molecule has 23 heavy (non-hydrogen) atoms. The van der Waals surface area contributed by atoms with Crippen molar-refractivity contribution >= 4 is 33.6 Å². The van der Waals surface area contributed by atoms with Crippen LogP contribution in [-0.4, -0.2) is 5.91 Å². The number of carbonyl (C=O) groups excluding carboxylic acids is 1. The number of carbonyl (C=O) groups is 1. The summed E-state index contributed by atoms with van der Waals surface area (Å²) in [5.74, 6) is 0.0342. The Bertz CT molecular complexity index is 753. The van der Waals surface area contributed by atoms with Crippen LogP contribution in [0.2, 0.25) is 0 Å². The summed E-state index contributed by atoms with van der Waals surface area (Å²) in [6.07, 6.45) is 1.60. The van der Waals surface area contributed by atoms with Gasteiger partial charge in [-0.1, -0.05) is 54.0 Å². The number of amides is 1. The highest BCUT2D eigenvalue weighted by Crippen LogP contribution is 2.18. The molecule has 3 nitrogen and oxygen atoms in total. The lowest BCUT2D eigenvalue weighted by molar-refractivity contribution is -0.112. The molecule has 0 radical (unpaired) electrons. The monoisotopic (exact) mass is 368 g/mol. The van der Waals surface area contributed by atoms with Crippen LogP contribution in [0.5, 0.6) is 0 Å². The minimum atomic E-state index is -0.414. The van der Waals surface area contributed by atoms with Gasteiger partial charge in [0.2, 0.25) is 0 Å². The van der Waals surface area contributed by atoms with Crippen LogP contribution in [0.1, 0.15) is 30.9 Å². The van der Waals surface area contributed by atoms with Crippen LogP contribution in [-0.2, 0) is 4.79 Å². The average Bonchev–Trinajstić information content (AvgIpc) is 2.55. The smallest absolute Gasteiger partial charge is 0.266 e. The molecule has 0 aliphatic rings. The molecule has 0 saturated carbocycles. The second-order valence-electron chi connectivity index (χ2n) is 5.45. The van der Waals surface area contributed by atoms with E-state index in [2.05, 4.69) is 35.1 Å². The van der Waals surface area contributed by atoms with E-state index in [4.69, 9.17) is 0 Å². The lowest BCUT2D eigenvalue weighted by Crippen LogP contribution is -2.13. The van der Waals surface area contributed by atoms with Gasteiger partial charge in [-0.2, -0.15) is 5.26 Å². The molecule has 0 spiro atoms. The minimum Gasteiger partial charge on any atom is -0.321 e. The fourth-order valence-electron chi connectivity index (χ4n) is 2.02. The Morgan fingerprint density at radius 1 is 1.13 bits per heavy atom. The molecule has 0 heterocycles. The first-order chi connectivity index (χ1) is 11.0. The third-order valence-electron chi connectivity index (χ3n) is 3.38. The molecule has 0 aromatic heterocycles. The predicted octanol–water partition coefficient (Wildman–Crippen LogP) is 5.12. The second-order valence-corrected chi connectivity index (χ2v) is 6.37. The normalized spacial score (nSPS) is 11.2. The van der Waals surface area contributed by atoms with Gasteiger partial charge in [-0.15, -0.1) is 0 Å². The van der Waals surface area contributed by atoms with Crippen molar-refractivity contribution in [1.82, 2.24) is 0 Å². The topological polar surface area (TPSA) is 52.9 Å². The maximum Gasteiger partial charge on any atom is 0.266 e. The van der Waals surface area contributed by atoms with E-state index in [0.29, 0.717) is 11.6 Å². The average molecular weight is 369 g/mol. The summed E-state index contributed by atoms with van der Waals surface area (Å²) in [5.41, 5.74) is 2.77. The highest BCUT2D eigenvalue weighted by molar-refractivity contribution is 9.10. The van der Waals surface area contributed by atoms with Crippen LogP contribution in [0.15, 0.2) is 58.6 Å². The number of rotatable bonds is 4. The van der Waals surface area contributed by atoms with E-state index in [1.165, 1.54) is 5.56 Å². The van der Waals surface area contributed by atoms with Crippen molar-refractivity contribution in [2.24, 2.45) is 0 Å². The summed E-state index contributed by atoms with van der Waals surface area (Å²) in [6.45, 7) is 4.24. The second kappa shape index (κ2) is 7.75. The lowest BCUT2D eigenvalue weighted by atomic mass is 10.0. The van der Waals surface area contributed by atoms with Gasteiger partial charge in [-0.25, -0.2) is 0 Å². The standard InChI is InChI=1S/C19H17BrN2O/c1-13(2)15-5-3-14(4-6-15)11-16(12-21)19(23)22-18-9-7-17(20)8-10-18/h3-11,13H,1-2H3,(H,22,23)/b16-11+. The van der Waals surface area contributed by atoms with Crippen LogP contribution in [0.3, 0.4) is 0 Å². The summed E-state index contributed by atoms with van der Waals surface area (Å²) in [4.78, 5) is 12.2. The van der Waals surface area contributed by atoms with E-state index in [0.717, 1.165) is 10.0 Å². The van der Waals surface area contributed by atoms with Crippen molar-refractivity contribution in [2.45, 2.75) is 19.8 Å². The predicted molar refractivity (Wildman–Crippen MR) is 96.9 cm³/mol. The fourth-order valence-corrected chi connectivity index (χ4v) is 2.29. The van der Waals surface area contributed by atoms with Crippen LogP contribution >= 0.6 is 15.9 Å². The molecule has 116 valence electrons. The van der Waals surface area contributed by atoms with Gasteiger partial charge >= 0.3 is 0 Å². The van der Waals surface area contributed by atoms with Crippen molar-refractivity contribution in [1.29, 1.82) is 5.26 Å². The molecular formula is C19H17BrN2O. The van der Waals surface area contributed by atoms with Crippen molar-refractivity contribution < 1.29 is 4.79 Å². The SMILES string of the molecule is CC(C)c1ccc(/C=C(\C#N)C(=O)Nc2ccc(Br)cc2)cc1. The van der Waals surface area contributed by atoms with Gasteiger partial charge in [0.1, 0.15) is 11.6 Å². The summed E-state index contributed by atoms with van der Waals surface area (Å²) in [7, 11) is 0. The Balaban J connectivity index is 2.16. The van der Waals surface area contributed by atoms with E-state index in [1.54, 1.807) is 18.2 Å². The van der Waals surface area contributed by atoms with Gasteiger partial charge in [-0.3, -0.25) is 4.79 Å². The molecule has 0 aliphatic heterocycles. The van der Waals surface area contributed by atoms with Gasteiger partial charge in [0.05, 0.1) is 0 Å². The minimum absolute atomic E-state index is 0.0743. The number of nitriles is 1. The van der Waals surface area contributed by atoms with E-state index < -0.39 is 5.91 Å². The first-order valence-electron chi connectivity index (χ1n) is 7.28. The largest absolute Gasteiger partial charge is 0.321 e. The maximum atomic E-state index is 12.2. The third kappa shape index (κ3) is 4.80. The van der Waals surface area contributed by atoms with Crippen LogP contribution in [0.4, 0.5) is 5.69 Å². The molecule has 0 saturated heterocycles. The Morgan fingerprint density at radius 2 is 1.74 bits per heavy atom. The summed E-state index contributed by atoms with van der Waals surface area (Å²) < 4.78 is 0.928. The molecule has 2 aromatic carbocycles. The fraction of sp³-hybridized carbons (Fsp3) is 0.158. The maximum absolute atomic E-state index is 12.2. The Labute approximate surface area is 144 Å². The Kier molecular flexibility index (Phi) is 5.72. The highest BCUT2D eigenvalue weighted by atomic mass is 79.9. The first-order valence-corrected chi connectivity index (χ1v) is 8.07. The zero-order valence-electron chi connectivity index (χ0n) is 13.0. The molecule has 0 aliphatic carbocycles. The van der Waals surface area contributed by atoms with E-state index in [1.807, 2.05) is 42.5 Å². The zero-order chi connectivity index (χ0) is 16.8. The summed E-state index contributed by atoms with van der Waals surface area (Å²) in [5, 5.41) is 12.0. The Morgan fingerprint density at radius 3 is 2.26 bits per heavy atom. The number of benzene rings is 2. The number of anilines is 1. The van der Waals surface area contributed by atoms with Crippen molar-refractivity contribution in [2.75, 3.05) is 5.32 Å². The number of nitrogens with zero attached hydrogens (tertiary/aromatic N) is 1. The third-order valence-corrected chi connectivity index (χ3v) is 3.91. The van der Waals surface area contributed by atoms with Crippen LogP contribution < -0.4 is 5.32 Å². The molecule has 0 bridgehead atoms. The van der Waals surface area contributed by atoms with E-state index >= 15 is 0 Å². The van der Waals surface area contributed by atoms with Gasteiger partial charge in [0.25, 0.3) is 5.91 Å². The first kappa shape index (κ1) is 17.0. The van der Waals surface area contributed by atoms with Crippen molar-refractivity contribution in [3.05, 3.63) is 69.7 Å². The zero-order valence-corrected chi connectivity index (χ0v) is 14.6. The molecule has 2 rings (SSSR count).